The van der Waals surface area contributed by atoms with Crippen molar-refractivity contribution in [3.8, 4) is 17.2 Å². The van der Waals surface area contributed by atoms with Crippen LogP contribution in [0.15, 0.2) is 60.4 Å². The summed E-state index contributed by atoms with van der Waals surface area (Å²) in [5.74, 6) is 1.38. The summed E-state index contributed by atoms with van der Waals surface area (Å²) in [6.07, 6.45) is 5.91. The Morgan fingerprint density at radius 3 is 2.72 bits per heavy atom. The molecule has 1 aliphatic carbocycles. The van der Waals surface area contributed by atoms with E-state index in [1.54, 1.807) is 25.4 Å². The van der Waals surface area contributed by atoms with Crippen molar-refractivity contribution in [3.63, 3.8) is 0 Å². The topological polar surface area (TPSA) is 100 Å². The average Bonchev–Trinajstić information content (AvgIpc) is 3.55. The molecule has 3 aliphatic heterocycles. The lowest BCUT2D eigenvalue weighted by Crippen LogP contribution is -2.54. The Kier molecular flexibility index (Phi) is 6.99. The van der Waals surface area contributed by atoms with Gasteiger partial charge in [0.1, 0.15) is 22.8 Å². The van der Waals surface area contributed by atoms with Gasteiger partial charge in [0.15, 0.2) is 11.5 Å². The summed E-state index contributed by atoms with van der Waals surface area (Å²) in [7, 11) is 2.97. The SMILES string of the molecule is COC(=O)c1cc(OC)c2nc(CN3CCN(c4cccc5c4OC(C)(c4ccc(Cl)cn4)O5)[C@@H]4CC=C43)n(C[C@@H]3CCO3)c2c1. The van der Waals surface area contributed by atoms with E-state index in [4.69, 9.17) is 40.3 Å². The van der Waals surface area contributed by atoms with Gasteiger partial charge in [0, 0.05) is 38.5 Å². The summed E-state index contributed by atoms with van der Waals surface area (Å²) in [4.78, 5) is 26.8. The first kappa shape index (κ1) is 29.0. The summed E-state index contributed by atoms with van der Waals surface area (Å²) >= 11 is 6.08. The van der Waals surface area contributed by atoms with Gasteiger partial charge in [-0.2, -0.15) is 0 Å². The molecule has 3 atom stereocenters. The molecule has 1 unspecified atom stereocenters. The fourth-order valence-electron chi connectivity index (χ4n) is 6.77. The van der Waals surface area contributed by atoms with Crippen LogP contribution in [0, 0.1) is 0 Å². The van der Waals surface area contributed by atoms with Crippen LogP contribution in [0.5, 0.6) is 17.2 Å². The van der Waals surface area contributed by atoms with Gasteiger partial charge < -0.3 is 38.1 Å². The van der Waals surface area contributed by atoms with Gasteiger partial charge in [-0.3, -0.25) is 4.98 Å². The second-order valence-corrected chi connectivity index (χ2v) is 12.5. The molecule has 0 bridgehead atoms. The van der Waals surface area contributed by atoms with Gasteiger partial charge in [-0.1, -0.05) is 23.7 Å². The molecule has 2 aromatic carbocycles. The van der Waals surface area contributed by atoms with Crippen LogP contribution in [0.3, 0.4) is 0 Å². The van der Waals surface area contributed by atoms with Crippen LogP contribution < -0.4 is 19.1 Å². The molecule has 4 aromatic rings. The molecule has 2 aromatic heterocycles. The zero-order valence-corrected chi connectivity index (χ0v) is 26.6. The maximum absolute atomic E-state index is 12.5. The average molecular weight is 644 g/mol. The highest BCUT2D eigenvalue weighted by atomic mass is 35.5. The molecule has 11 nitrogen and oxygen atoms in total. The van der Waals surface area contributed by atoms with Crippen molar-refractivity contribution in [1.82, 2.24) is 19.4 Å². The predicted octanol–water partition coefficient (Wildman–Crippen LogP) is 5.29. The lowest BCUT2D eigenvalue weighted by Gasteiger charge is -2.49. The van der Waals surface area contributed by atoms with Gasteiger partial charge in [-0.25, -0.2) is 9.78 Å². The Bertz CT molecular complexity index is 1870. The fourth-order valence-corrected chi connectivity index (χ4v) is 6.89. The van der Waals surface area contributed by atoms with E-state index >= 15 is 0 Å². The quantitative estimate of drug-likeness (QED) is 0.236. The largest absolute Gasteiger partial charge is 0.494 e. The molecule has 2 saturated heterocycles. The van der Waals surface area contributed by atoms with Gasteiger partial charge in [-0.15, -0.1) is 0 Å². The van der Waals surface area contributed by atoms with E-state index in [1.165, 1.54) is 12.8 Å². The van der Waals surface area contributed by atoms with Crippen molar-refractivity contribution in [2.24, 2.45) is 0 Å². The first-order valence-electron chi connectivity index (χ1n) is 15.5. The second-order valence-electron chi connectivity index (χ2n) is 12.1. The van der Waals surface area contributed by atoms with Crippen LogP contribution in [0.4, 0.5) is 5.69 Å². The molecule has 0 N–H and O–H groups in total. The van der Waals surface area contributed by atoms with E-state index in [9.17, 15) is 4.79 Å². The van der Waals surface area contributed by atoms with Crippen molar-refractivity contribution in [3.05, 3.63) is 82.5 Å². The number of nitrogens with zero attached hydrogens (tertiary/aromatic N) is 5. The van der Waals surface area contributed by atoms with E-state index in [2.05, 4.69) is 31.5 Å². The number of imidazole rings is 1. The summed E-state index contributed by atoms with van der Waals surface area (Å²) in [6, 6.07) is 13.4. The minimum absolute atomic E-state index is 0.104. The molecule has 46 heavy (non-hydrogen) atoms. The number of pyridine rings is 1. The number of carbonyl (C=O) groups is 1. The van der Waals surface area contributed by atoms with Crippen LogP contribution in [0.2, 0.25) is 5.02 Å². The Hall–Kier alpha value is -4.48. The van der Waals surface area contributed by atoms with E-state index < -0.39 is 11.8 Å². The monoisotopic (exact) mass is 643 g/mol. The van der Waals surface area contributed by atoms with E-state index in [-0.39, 0.29) is 12.1 Å². The summed E-state index contributed by atoms with van der Waals surface area (Å²) < 4.78 is 31.5. The molecule has 0 amide bonds. The highest BCUT2D eigenvalue weighted by Crippen LogP contribution is 2.51. The smallest absolute Gasteiger partial charge is 0.338 e. The van der Waals surface area contributed by atoms with E-state index in [0.717, 1.165) is 60.8 Å². The number of hydrogen-bond acceptors (Lipinski definition) is 10. The lowest BCUT2D eigenvalue weighted by atomic mass is 9.92. The van der Waals surface area contributed by atoms with Gasteiger partial charge in [-0.05, 0) is 49.2 Å². The standard InChI is InChI=1S/C34H34ClN5O6/c1-34(29-10-7-21(35)17-36-29)45-27-6-4-5-25(32(27)46-34)39-13-12-38(23-8-9-24(23)39)19-30-37-31-26(40(30)18-22-11-14-44-22)15-20(33(41)43-3)16-28(31)42-2/h4-8,10,15-17,22,24H,9,11-14,18-19H2,1-3H3/t22-,24+,34?/m0/s1. The third-order valence-corrected chi connectivity index (χ3v) is 9.58. The molecule has 4 aliphatic rings. The number of ether oxygens (including phenoxy) is 5. The van der Waals surface area contributed by atoms with Gasteiger partial charge >= 0.3 is 5.97 Å². The van der Waals surface area contributed by atoms with Gasteiger partial charge in [0.05, 0.1) is 61.2 Å². The highest BCUT2D eigenvalue weighted by Gasteiger charge is 2.44. The van der Waals surface area contributed by atoms with E-state index in [1.807, 2.05) is 31.2 Å². The maximum atomic E-state index is 12.5. The minimum Gasteiger partial charge on any atom is -0.494 e. The Morgan fingerprint density at radius 1 is 1.15 bits per heavy atom. The number of hydrogen-bond donors (Lipinski definition) is 0. The number of aromatic nitrogens is 3. The first-order valence-corrected chi connectivity index (χ1v) is 15.8. The molecule has 5 heterocycles. The molecule has 2 fully saturated rings. The molecule has 0 saturated carbocycles. The molecule has 8 rings (SSSR count). The molecule has 0 spiro atoms. The summed E-state index contributed by atoms with van der Waals surface area (Å²) in [6.45, 7) is 5.48. The molecular formula is C34H34ClN5O6. The Morgan fingerprint density at radius 2 is 2.02 bits per heavy atom. The number of para-hydroxylation sites is 1. The molecule has 238 valence electrons. The number of fused-ring (bicyclic) bond motifs is 3. The predicted molar refractivity (Wildman–Crippen MR) is 171 cm³/mol. The number of anilines is 1. The zero-order valence-electron chi connectivity index (χ0n) is 25.9. The van der Waals surface area contributed by atoms with Crippen molar-refractivity contribution < 1.29 is 28.5 Å². The van der Waals surface area contributed by atoms with Crippen LogP contribution in [-0.4, -0.2) is 71.5 Å². The van der Waals surface area contributed by atoms with Gasteiger partial charge in [0.25, 0.3) is 5.79 Å². The van der Waals surface area contributed by atoms with Crippen LogP contribution in [0.25, 0.3) is 11.0 Å². The molecule has 12 heteroatoms. The first-order chi connectivity index (χ1) is 22.3. The van der Waals surface area contributed by atoms with Crippen LogP contribution >= 0.6 is 11.6 Å². The van der Waals surface area contributed by atoms with Gasteiger partial charge in [0.2, 0.25) is 0 Å². The summed E-state index contributed by atoms with van der Waals surface area (Å²) in [5, 5.41) is 0.558. The number of esters is 1. The third kappa shape index (κ3) is 4.72. The number of halogens is 1. The normalized spacial score (nSPS) is 23.0. The third-order valence-electron chi connectivity index (χ3n) is 9.36. The zero-order chi connectivity index (χ0) is 31.6. The molecular weight excluding hydrogens is 610 g/mol. The maximum Gasteiger partial charge on any atom is 0.338 e. The number of benzene rings is 2. The van der Waals surface area contributed by atoms with Crippen LogP contribution in [-0.2, 0) is 28.4 Å². The minimum atomic E-state index is -1.05. The number of piperazine rings is 1. The Balaban J connectivity index is 1.07. The highest BCUT2D eigenvalue weighted by molar-refractivity contribution is 6.30. The van der Waals surface area contributed by atoms with Crippen LogP contribution in [0.1, 0.15) is 41.6 Å². The molecule has 0 radical (unpaired) electrons. The van der Waals surface area contributed by atoms with E-state index in [0.29, 0.717) is 40.9 Å². The number of methoxy groups -OCH3 is 2. The fraction of sp³-hybridized carbons (Fsp3) is 0.382. The summed E-state index contributed by atoms with van der Waals surface area (Å²) in [5.41, 5.74) is 4.88. The van der Waals surface area contributed by atoms with Crippen molar-refractivity contribution >= 4 is 34.3 Å². The van der Waals surface area contributed by atoms with Crippen molar-refractivity contribution in [1.29, 1.82) is 0 Å². The lowest BCUT2D eigenvalue weighted by molar-refractivity contribution is -0.0716. The number of carbonyl (C=O) groups excluding carboxylic acids is 1. The second kappa shape index (κ2) is 11.1. The van der Waals surface area contributed by atoms with Crippen molar-refractivity contribution in [2.45, 2.75) is 50.8 Å². The van der Waals surface area contributed by atoms with Crippen molar-refractivity contribution in [2.75, 3.05) is 38.8 Å². The Labute approximate surface area is 271 Å². The number of rotatable bonds is 8.